The quantitative estimate of drug-likeness (QED) is 0.635. The lowest BCUT2D eigenvalue weighted by Gasteiger charge is -2.08. The molecule has 0 spiro atoms. The zero-order chi connectivity index (χ0) is 19.1. The van der Waals surface area contributed by atoms with Crippen LogP contribution < -0.4 is 10.1 Å². The molecule has 0 fully saturated rings. The molecule has 1 amide bonds. The van der Waals surface area contributed by atoms with E-state index in [1.54, 1.807) is 48.5 Å². The average Bonchev–Trinajstić information content (AvgIpc) is 3.23. The Bertz CT molecular complexity index is 893. The number of ether oxygens (including phenoxy) is 2. The number of aromatic nitrogens is 4. The van der Waals surface area contributed by atoms with Gasteiger partial charge in [-0.1, -0.05) is 0 Å². The number of tetrazole rings is 1. The molecule has 0 saturated carbocycles. The number of nitrogens with zero attached hydrogens (tertiary/aromatic N) is 4. The summed E-state index contributed by atoms with van der Waals surface area (Å²) in [5, 5.41) is 13.5. The minimum absolute atomic E-state index is 0.320. The van der Waals surface area contributed by atoms with Crippen LogP contribution in [0.5, 0.6) is 5.75 Å². The van der Waals surface area contributed by atoms with Gasteiger partial charge < -0.3 is 14.8 Å². The van der Waals surface area contributed by atoms with Crippen LogP contribution in [0.25, 0.3) is 5.69 Å². The Morgan fingerprint density at radius 3 is 2.44 bits per heavy atom. The highest BCUT2D eigenvalue weighted by Gasteiger charge is 2.11. The van der Waals surface area contributed by atoms with Crippen molar-refractivity contribution in [1.82, 2.24) is 20.2 Å². The highest BCUT2D eigenvalue weighted by atomic mass is 16.5. The van der Waals surface area contributed by atoms with E-state index in [-0.39, 0.29) is 6.61 Å². The van der Waals surface area contributed by atoms with Crippen molar-refractivity contribution in [2.24, 2.45) is 0 Å². The number of carbonyl (C=O) groups is 2. The van der Waals surface area contributed by atoms with Crippen molar-refractivity contribution in [3.8, 4) is 11.4 Å². The highest BCUT2D eigenvalue weighted by Crippen LogP contribution is 2.15. The van der Waals surface area contributed by atoms with Crippen LogP contribution in [-0.4, -0.2) is 45.3 Å². The summed E-state index contributed by atoms with van der Waals surface area (Å²) in [5.74, 6) is -0.315. The first-order valence-electron chi connectivity index (χ1n) is 8.19. The van der Waals surface area contributed by atoms with Gasteiger partial charge >= 0.3 is 5.97 Å². The molecule has 3 rings (SSSR count). The van der Waals surface area contributed by atoms with E-state index >= 15 is 0 Å². The third-order valence-corrected chi connectivity index (χ3v) is 3.50. The van der Waals surface area contributed by atoms with Crippen molar-refractivity contribution in [3.63, 3.8) is 0 Å². The van der Waals surface area contributed by atoms with Gasteiger partial charge in [0, 0.05) is 5.69 Å². The number of rotatable bonds is 7. The van der Waals surface area contributed by atoms with Crippen LogP contribution in [0.15, 0.2) is 54.9 Å². The van der Waals surface area contributed by atoms with Crippen LogP contribution in [-0.2, 0) is 9.53 Å². The Morgan fingerprint density at radius 2 is 1.81 bits per heavy atom. The number of amides is 1. The minimum Gasteiger partial charge on any atom is -0.494 e. The fourth-order valence-electron chi connectivity index (χ4n) is 2.24. The monoisotopic (exact) mass is 367 g/mol. The number of carbonyl (C=O) groups excluding carboxylic acids is 2. The molecular weight excluding hydrogens is 350 g/mol. The van der Waals surface area contributed by atoms with E-state index in [4.69, 9.17) is 9.47 Å². The van der Waals surface area contributed by atoms with Crippen molar-refractivity contribution in [2.45, 2.75) is 6.92 Å². The van der Waals surface area contributed by atoms with Crippen LogP contribution in [0.2, 0.25) is 0 Å². The largest absolute Gasteiger partial charge is 0.494 e. The molecule has 138 valence electrons. The van der Waals surface area contributed by atoms with Crippen LogP contribution >= 0.6 is 0 Å². The molecule has 1 aromatic heterocycles. The van der Waals surface area contributed by atoms with Gasteiger partial charge in [-0.2, -0.15) is 0 Å². The molecule has 0 aliphatic carbocycles. The van der Waals surface area contributed by atoms with Gasteiger partial charge in [-0.05, 0) is 65.9 Å². The normalized spacial score (nSPS) is 10.3. The predicted octanol–water partition coefficient (Wildman–Crippen LogP) is 1.86. The van der Waals surface area contributed by atoms with E-state index in [2.05, 4.69) is 20.8 Å². The Morgan fingerprint density at radius 1 is 1.07 bits per heavy atom. The molecule has 1 N–H and O–H groups in total. The molecular formula is C18H17N5O4. The summed E-state index contributed by atoms with van der Waals surface area (Å²) < 4.78 is 11.8. The van der Waals surface area contributed by atoms with Crippen LogP contribution in [0.3, 0.4) is 0 Å². The van der Waals surface area contributed by atoms with E-state index in [0.717, 1.165) is 0 Å². The van der Waals surface area contributed by atoms with Crippen molar-refractivity contribution >= 4 is 17.6 Å². The first-order chi connectivity index (χ1) is 13.2. The molecule has 0 radical (unpaired) electrons. The molecule has 0 aliphatic heterocycles. The average molecular weight is 367 g/mol. The molecule has 27 heavy (non-hydrogen) atoms. The fraction of sp³-hybridized carbons (Fsp3) is 0.167. The second kappa shape index (κ2) is 8.56. The van der Waals surface area contributed by atoms with E-state index in [1.165, 1.54) is 11.0 Å². The molecule has 9 heteroatoms. The van der Waals surface area contributed by atoms with Gasteiger partial charge in [-0.15, -0.1) is 5.10 Å². The summed E-state index contributed by atoms with van der Waals surface area (Å²) in [6, 6.07) is 13.4. The smallest absolute Gasteiger partial charge is 0.338 e. The van der Waals surface area contributed by atoms with E-state index in [9.17, 15) is 9.59 Å². The zero-order valence-corrected chi connectivity index (χ0v) is 14.5. The molecule has 0 aliphatic rings. The fourth-order valence-corrected chi connectivity index (χ4v) is 2.24. The van der Waals surface area contributed by atoms with E-state index in [1.807, 2.05) is 6.92 Å². The van der Waals surface area contributed by atoms with Gasteiger partial charge in [-0.25, -0.2) is 9.48 Å². The van der Waals surface area contributed by atoms with Gasteiger partial charge in [0.2, 0.25) is 0 Å². The summed E-state index contributed by atoms with van der Waals surface area (Å²) in [7, 11) is 0. The van der Waals surface area contributed by atoms with Gasteiger partial charge in [-0.3, -0.25) is 4.79 Å². The highest BCUT2D eigenvalue weighted by molar-refractivity contribution is 5.95. The lowest BCUT2D eigenvalue weighted by atomic mass is 10.2. The summed E-state index contributed by atoms with van der Waals surface area (Å²) >= 11 is 0. The van der Waals surface area contributed by atoms with Crippen molar-refractivity contribution in [1.29, 1.82) is 0 Å². The van der Waals surface area contributed by atoms with E-state index in [0.29, 0.717) is 29.3 Å². The Hall–Kier alpha value is -3.75. The van der Waals surface area contributed by atoms with Crippen molar-refractivity contribution < 1.29 is 19.1 Å². The number of esters is 1. The number of anilines is 1. The number of hydrogen-bond acceptors (Lipinski definition) is 7. The summed E-state index contributed by atoms with van der Waals surface area (Å²) in [6.07, 6.45) is 1.44. The molecule has 0 unspecified atom stereocenters. The number of nitrogens with one attached hydrogen (secondary N) is 1. The van der Waals surface area contributed by atoms with Crippen molar-refractivity contribution in [2.75, 3.05) is 18.5 Å². The van der Waals surface area contributed by atoms with Crippen LogP contribution in [0.1, 0.15) is 17.3 Å². The molecule has 3 aromatic rings. The summed E-state index contributed by atoms with van der Waals surface area (Å²) in [5.41, 5.74) is 1.61. The van der Waals surface area contributed by atoms with Gasteiger partial charge in [0.25, 0.3) is 5.91 Å². The van der Waals surface area contributed by atoms with Gasteiger partial charge in [0.05, 0.1) is 17.9 Å². The SMILES string of the molecule is CCOc1ccc(NC(=O)COC(=O)c2ccc(-n3cnnn3)cc2)cc1. The molecule has 0 atom stereocenters. The molecule has 9 nitrogen and oxygen atoms in total. The molecule has 0 bridgehead atoms. The maximum absolute atomic E-state index is 12.1. The zero-order valence-electron chi connectivity index (χ0n) is 14.5. The third kappa shape index (κ3) is 4.88. The second-order valence-electron chi connectivity index (χ2n) is 5.38. The maximum Gasteiger partial charge on any atom is 0.338 e. The molecule has 1 heterocycles. The molecule has 2 aromatic carbocycles. The first-order valence-corrected chi connectivity index (χ1v) is 8.19. The van der Waals surface area contributed by atoms with Crippen molar-refractivity contribution in [3.05, 3.63) is 60.4 Å². The topological polar surface area (TPSA) is 108 Å². The van der Waals surface area contributed by atoms with Gasteiger partial charge in [0.15, 0.2) is 6.61 Å². The van der Waals surface area contributed by atoms with Crippen LogP contribution in [0.4, 0.5) is 5.69 Å². The number of benzene rings is 2. The van der Waals surface area contributed by atoms with Gasteiger partial charge in [0.1, 0.15) is 12.1 Å². The third-order valence-electron chi connectivity index (χ3n) is 3.50. The Labute approximate surface area is 154 Å². The number of hydrogen-bond donors (Lipinski definition) is 1. The van der Waals surface area contributed by atoms with E-state index < -0.39 is 11.9 Å². The minimum atomic E-state index is -0.597. The summed E-state index contributed by atoms with van der Waals surface area (Å²) in [4.78, 5) is 24.0. The first kappa shape index (κ1) is 18.1. The van der Waals surface area contributed by atoms with Crippen LogP contribution in [0, 0.1) is 0 Å². The molecule has 0 saturated heterocycles. The summed E-state index contributed by atoms with van der Waals surface area (Å²) in [6.45, 7) is 2.07. The Balaban J connectivity index is 1.50. The second-order valence-corrected chi connectivity index (χ2v) is 5.38. The Kier molecular flexibility index (Phi) is 5.73. The lowest BCUT2D eigenvalue weighted by Crippen LogP contribution is -2.20. The predicted molar refractivity (Wildman–Crippen MR) is 95.7 cm³/mol. The maximum atomic E-state index is 12.1. The lowest BCUT2D eigenvalue weighted by molar-refractivity contribution is -0.119. The standard InChI is InChI=1S/C18H17N5O4/c1-2-26-16-9-5-14(6-10-16)20-17(24)11-27-18(25)13-3-7-15(8-4-13)23-12-19-21-22-23/h3-10,12H,2,11H2,1H3,(H,20,24).